The summed E-state index contributed by atoms with van der Waals surface area (Å²) in [5.74, 6) is 0.731. The summed E-state index contributed by atoms with van der Waals surface area (Å²) in [7, 11) is -3.25. The molecule has 1 fully saturated rings. The van der Waals surface area contributed by atoms with Crippen LogP contribution < -0.4 is 9.46 Å². The molecule has 2 atom stereocenters. The molecule has 1 aromatic carbocycles. The zero-order chi connectivity index (χ0) is 16.4. The van der Waals surface area contributed by atoms with E-state index in [1.807, 2.05) is 24.3 Å². The van der Waals surface area contributed by atoms with E-state index in [2.05, 4.69) is 4.72 Å². The minimum atomic E-state index is -3.25. The molecule has 23 heavy (non-hydrogen) atoms. The van der Waals surface area contributed by atoms with Gasteiger partial charge in [0.25, 0.3) is 5.91 Å². The summed E-state index contributed by atoms with van der Waals surface area (Å²) in [5, 5.41) is 0. The Balaban J connectivity index is 1.67. The van der Waals surface area contributed by atoms with Gasteiger partial charge in [0, 0.05) is 25.6 Å². The van der Waals surface area contributed by atoms with Crippen LogP contribution in [0.15, 0.2) is 24.3 Å². The molecule has 0 saturated carbocycles. The standard InChI is InChI=1S/C16H22N2O4S/c1-23(20,21)17-11-13-7-4-5-9-18(13)16(19)15-10-12-6-2-3-8-14(12)22-15/h2-3,6,8,13,15,17H,4-5,7,9-11H2,1H3/t13-,15-/m1/s1. The lowest BCUT2D eigenvalue weighted by Gasteiger charge is -2.37. The van der Waals surface area contributed by atoms with E-state index in [4.69, 9.17) is 4.74 Å². The quantitative estimate of drug-likeness (QED) is 0.886. The molecule has 1 aromatic rings. The first-order chi connectivity index (χ1) is 10.9. The van der Waals surface area contributed by atoms with Crippen LogP contribution in [0, 0.1) is 0 Å². The van der Waals surface area contributed by atoms with Crippen molar-refractivity contribution in [3.8, 4) is 5.75 Å². The lowest BCUT2D eigenvalue weighted by molar-refractivity contribution is -0.141. The summed E-state index contributed by atoms with van der Waals surface area (Å²) in [4.78, 5) is 14.6. The highest BCUT2D eigenvalue weighted by Gasteiger charge is 2.36. The fourth-order valence-electron chi connectivity index (χ4n) is 3.26. The zero-order valence-corrected chi connectivity index (χ0v) is 14.0. The molecule has 126 valence electrons. The van der Waals surface area contributed by atoms with Gasteiger partial charge in [-0.2, -0.15) is 0 Å². The molecule has 0 radical (unpaired) electrons. The molecule has 0 aliphatic carbocycles. The van der Waals surface area contributed by atoms with Crippen molar-refractivity contribution >= 4 is 15.9 Å². The highest BCUT2D eigenvalue weighted by atomic mass is 32.2. The highest BCUT2D eigenvalue weighted by Crippen LogP contribution is 2.30. The maximum absolute atomic E-state index is 12.8. The third-order valence-electron chi connectivity index (χ3n) is 4.41. The van der Waals surface area contributed by atoms with Gasteiger partial charge in [0.2, 0.25) is 10.0 Å². The molecule has 0 aromatic heterocycles. The van der Waals surface area contributed by atoms with Gasteiger partial charge in [0.1, 0.15) is 5.75 Å². The number of fused-ring (bicyclic) bond motifs is 1. The molecule has 0 unspecified atom stereocenters. The number of likely N-dealkylation sites (tertiary alicyclic amines) is 1. The van der Waals surface area contributed by atoms with Crippen LogP contribution in [-0.2, 0) is 21.2 Å². The molecule has 6 nitrogen and oxygen atoms in total. The Bertz CT molecular complexity index is 664. The molecule has 1 amide bonds. The van der Waals surface area contributed by atoms with Gasteiger partial charge in [-0.05, 0) is 30.9 Å². The fraction of sp³-hybridized carbons (Fsp3) is 0.562. The number of nitrogens with zero attached hydrogens (tertiary/aromatic N) is 1. The van der Waals surface area contributed by atoms with Crippen LogP contribution >= 0.6 is 0 Å². The lowest BCUT2D eigenvalue weighted by Crippen LogP contribution is -2.53. The fourth-order valence-corrected chi connectivity index (χ4v) is 3.75. The number of amides is 1. The van der Waals surface area contributed by atoms with Gasteiger partial charge in [-0.3, -0.25) is 4.79 Å². The van der Waals surface area contributed by atoms with Crippen molar-refractivity contribution in [1.82, 2.24) is 9.62 Å². The zero-order valence-electron chi connectivity index (χ0n) is 13.2. The highest BCUT2D eigenvalue weighted by molar-refractivity contribution is 7.88. The van der Waals surface area contributed by atoms with Crippen molar-refractivity contribution in [2.45, 2.75) is 37.8 Å². The Morgan fingerprint density at radius 3 is 2.87 bits per heavy atom. The van der Waals surface area contributed by atoms with Gasteiger partial charge in [0.15, 0.2) is 6.10 Å². The number of benzene rings is 1. The lowest BCUT2D eigenvalue weighted by atomic mass is 10.0. The minimum Gasteiger partial charge on any atom is -0.480 e. The van der Waals surface area contributed by atoms with E-state index in [1.165, 1.54) is 0 Å². The van der Waals surface area contributed by atoms with Crippen molar-refractivity contribution in [2.24, 2.45) is 0 Å². The van der Waals surface area contributed by atoms with Crippen LogP contribution in [0.4, 0.5) is 0 Å². The predicted octanol–water partition coefficient (Wildman–Crippen LogP) is 0.920. The van der Waals surface area contributed by atoms with Crippen LogP contribution in [0.5, 0.6) is 5.75 Å². The number of hydrogen-bond donors (Lipinski definition) is 1. The normalized spacial score (nSPS) is 24.1. The van der Waals surface area contributed by atoms with Crippen LogP contribution in [0.3, 0.4) is 0 Å². The number of piperidine rings is 1. The molecule has 1 N–H and O–H groups in total. The van der Waals surface area contributed by atoms with E-state index in [-0.39, 0.29) is 18.5 Å². The second-order valence-corrected chi connectivity index (χ2v) is 8.05. The van der Waals surface area contributed by atoms with Gasteiger partial charge in [-0.15, -0.1) is 0 Å². The summed E-state index contributed by atoms with van der Waals surface area (Å²) in [6, 6.07) is 7.58. The first-order valence-electron chi connectivity index (χ1n) is 7.94. The third kappa shape index (κ3) is 3.84. The third-order valence-corrected chi connectivity index (χ3v) is 5.10. The average molecular weight is 338 g/mol. The Hall–Kier alpha value is -1.60. The van der Waals surface area contributed by atoms with Crippen molar-refractivity contribution in [2.75, 3.05) is 19.3 Å². The van der Waals surface area contributed by atoms with Gasteiger partial charge < -0.3 is 9.64 Å². The maximum Gasteiger partial charge on any atom is 0.264 e. The Morgan fingerprint density at radius 2 is 2.13 bits per heavy atom. The SMILES string of the molecule is CS(=O)(=O)NC[C@H]1CCCCN1C(=O)[C@H]1Cc2ccccc2O1. The predicted molar refractivity (Wildman–Crippen MR) is 86.8 cm³/mol. The van der Waals surface area contributed by atoms with Crippen molar-refractivity contribution in [3.63, 3.8) is 0 Å². The van der Waals surface area contributed by atoms with Gasteiger partial charge in [-0.1, -0.05) is 18.2 Å². The van der Waals surface area contributed by atoms with Crippen LogP contribution in [0.2, 0.25) is 0 Å². The van der Waals surface area contributed by atoms with Crippen LogP contribution in [0.1, 0.15) is 24.8 Å². The number of sulfonamides is 1. The van der Waals surface area contributed by atoms with E-state index in [0.717, 1.165) is 36.8 Å². The molecule has 2 heterocycles. The summed E-state index contributed by atoms with van der Waals surface area (Å²) in [6.45, 7) is 0.926. The smallest absolute Gasteiger partial charge is 0.264 e. The average Bonchev–Trinajstić information content (AvgIpc) is 2.96. The van der Waals surface area contributed by atoms with E-state index >= 15 is 0 Å². The van der Waals surface area contributed by atoms with E-state index < -0.39 is 16.1 Å². The molecule has 2 aliphatic rings. The number of rotatable bonds is 4. The molecular formula is C16H22N2O4S. The first-order valence-corrected chi connectivity index (χ1v) is 9.83. The Morgan fingerprint density at radius 1 is 1.35 bits per heavy atom. The van der Waals surface area contributed by atoms with E-state index in [1.54, 1.807) is 4.90 Å². The molecule has 1 saturated heterocycles. The van der Waals surface area contributed by atoms with Crippen molar-refractivity contribution < 1.29 is 17.9 Å². The molecule has 0 bridgehead atoms. The molecule has 0 spiro atoms. The van der Waals surface area contributed by atoms with Crippen molar-refractivity contribution in [3.05, 3.63) is 29.8 Å². The minimum absolute atomic E-state index is 0.0406. The first kappa shape index (κ1) is 16.3. The second-order valence-electron chi connectivity index (χ2n) is 6.22. The summed E-state index contributed by atoms with van der Waals surface area (Å²) in [6.07, 6.45) is 3.99. The number of para-hydroxylation sites is 1. The Labute approximate surface area is 136 Å². The summed E-state index contributed by atoms with van der Waals surface area (Å²) < 4.78 is 30.9. The molecule has 2 aliphatic heterocycles. The topological polar surface area (TPSA) is 75.7 Å². The number of carbonyl (C=O) groups is 1. The van der Waals surface area contributed by atoms with Gasteiger partial charge in [-0.25, -0.2) is 13.1 Å². The van der Waals surface area contributed by atoms with E-state index in [0.29, 0.717) is 13.0 Å². The van der Waals surface area contributed by atoms with Gasteiger partial charge in [0.05, 0.1) is 6.26 Å². The van der Waals surface area contributed by atoms with E-state index in [9.17, 15) is 13.2 Å². The van der Waals surface area contributed by atoms with Crippen LogP contribution in [0.25, 0.3) is 0 Å². The monoisotopic (exact) mass is 338 g/mol. The number of carbonyl (C=O) groups excluding carboxylic acids is 1. The van der Waals surface area contributed by atoms with Gasteiger partial charge >= 0.3 is 0 Å². The Kier molecular flexibility index (Phi) is 4.59. The largest absolute Gasteiger partial charge is 0.480 e. The van der Waals surface area contributed by atoms with Crippen LogP contribution in [-0.4, -0.2) is 50.7 Å². The van der Waals surface area contributed by atoms with Crippen molar-refractivity contribution in [1.29, 1.82) is 0 Å². The number of ether oxygens (including phenoxy) is 1. The summed E-state index contributed by atoms with van der Waals surface area (Å²) >= 11 is 0. The summed E-state index contributed by atoms with van der Waals surface area (Å²) in [5.41, 5.74) is 1.05. The molecular weight excluding hydrogens is 316 g/mol. The number of nitrogens with one attached hydrogen (secondary N) is 1. The molecule has 7 heteroatoms. The maximum atomic E-state index is 12.8. The number of hydrogen-bond acceptors (Lipinski definition) is 4. The second kappa shape index (κ2) is 6.49. The molecule has 3 rings (SSSR count).